The molecular formula is C22H23N3O4. The van der Waals surface area contributed by atoms with E-state index < -0.39 is 0 Å². The lowest BCUT2D eigenvalue weighted by molar-refractivity contribution is 0.0587. The molecule has 2 aromatic carbocycles. The van der Waals surface area contributed by atoms with Crippen molar-refractivity contribution in [1.82, 2.24) is 14.9 Å². The highest BCUT2D eigenvalue weighted by atomic mass is 16.5. The number of likely N-dealkylation sites (tertiary alicyclic amines) is 1. The van der Waals surface area contributed by atoms with Gasteiger partial charge in [-0.2, -0.15) is 0 Å². The van der Waals surface area contributed by atoms with E-state index in [1.54, 1.807) is 38.6 Å². The van der Waals surface area contributed by atoms with Gasteiger partial charge in [-0.15, -0.1) is 0 Å². The summed E-state index contributed by atoms with van der Waals surface area (Å²) in [6.45, 7) is 1.23. The van der Waals surface area contributed by atoms with Crippen molar-refractivity contribution in [3.63, 3.8) is 0 Å². The molecule has 3 aromatic rings. The summed E-state index contributed by atoms with van der Waals surface area (Å²) in [5.41, 5.74) is 2.21. The maximum atomic E-state index is 12.9. The molecule has 0 radical (unpaired) electrons. The molecule has 29 heavy (non-hydrogen) atoms. The lowest BCUT2D eigenvalue weighted by Crippen LogP contribution is -2.41. The second-order valence-electron chi connectivity index (χ2n) is 6.91. The zero-order valence-electron chi connectivity index (χ0n) is 16.5. The normalized spacial score (nSPS) is 14.6. The molecule has 7 nitrogen and oxygen atoms in total. The van der Waals surface area contributed by atoms with E-state index in [2.05, 4.69) is 9.97 Å². The molecule has 0 aliphatic carbocycles. The van der Waals surface area contributed by atoms with Crippen molar-refractivity contribution in [1.29, 1.82) is 0 Å². The summed E-state index contributed by atoms with van der Waals surface area (Å²) in [5, 5.41) is 0. The lowest BCUT2D eigenvalue weighted by Gasteiger charge is -2.32. The van der Waals surface area contributed by atoms with Crippen LogP contribution >= 0.6 is 0 Å². The highest BCUT2D eigenvalue weighted by Gasteiger charge is 2.25. The number of carbonyl (C=O) groups is 1. The van der Waals surface area contributed by atoms with Crippen LogP contribution in [-0.4, -0.2) is 54.2 Å². The molecule has 4 rings (SSSR count). The third-order valence-electron chi connectivity index (χ3n) is 5.04. The van der Waals surface area contributed by atoms with Gasteiger partial charge in [0.1, 0.15) is 17.6 Å². The number of piperidine rings is 1. The number of rotatable bonds is 5. The number of carbonyl (C=O) groups excluding carboxylic acids is 1. The largest absolute Gasteiger partial charge is 0.497 e. The number of aromatic nitrogens is 2. The summed E-state index contributed by atoms with van der Waals surface area (Å²) in [6, 6.07) is 12.9. The second kappa shape index (κ2) is 8.34. The second-order valence-corrected chi connectivity index (χ2v) is 6.91. The van der Waals surface area contributed by atoms with Crippen molar-refractivity contribution >= 4 is 16.9 Å². The SMILES string of the molecule is COc1cc(OC)cc(C(=O)N2CCC(Oc3cnc4ccccc4n3)CC2)c1. The van der Waals surface area contributed by atoms with Gasteiger partial charge in [0.25, 0.3) is 5.91 Å². The van der Waals surface area contributed by atoms with Gasteiger partial charge in [-0.3, -0.25) is 4.79 Å². The summed E-state index contributed by atoms with van der Waals surface area (Å²) in [4.78, 5) is 23.6. The molecule has 1 aromatic heterocycles. The van der Waals surface area contributed by atoms with Crippen LogP contribution in [0.3, 0.4) is 0 Å². The number of para-hydroxylation sites is 2. The highest BCUT2D eigenvalue weighted by molar-refractivity contribution is 5.95. The smallest absolute Gasteiger partial charge is 0.254 e. The first-order valence-electron chi connectivity index (χ1n) is 9.57. The van der Waals surface area contributed by atoms with Crippen LogP contribution in [0.25, 0.3) is 11.0 Å². The van der Waals surface area contributed by atoms with Gasteiger partial charge in [0.2, 0.25) is 5.88 Å². The van der Waals surface area contributed by atoms with Gasteiger partial charge in [-0.05, 0) is 24.3 Å². The van der Waals surface area contributed by atoms with Gasteiger partial charge < -0.3 is 19.1 Å². The van der Waals surface area contributed by atoms with Crippen molar-refractivity contribution in [2.75, 3.05) is 27.3 Å². The number of fused-ring (bicyclic) bond motifs is 1. The summed E-state index contributed by atoms with van der Waals surface area (Å²) in [7, 11) is 3.14. The summed E-state index contributed by atoms with van der Waals surface area (Å²) >= 11 is 0. The van der Waals surface area contributed by atoms with E-state index in [0.717, 1.165) is 23.9 Å². The van der Waals surface area contributed by atoms with Gasteiger partial charge >= 0.3 is 0 Å². The van der Waals surface area contributed by atoms with E-state index in [1.165, 1.54) is 0 Å². The maximum Gasteiger partial charge on any atom is 0.254 e. The molecule has 0 bridgehead atoms. The monoisotopic (exact) mass is 393 g/mol. The van der Waals surface area contributed by atoms with E-state index in [4.69, 9.17) is 14.2 Å². The third-order valence-corrected chi connectivity index (χ3v) is 5.04. The van der Waals surface area contributed by atoms with Crippen LogP contribution in [0, 0.1) is 0 Å². The molecule has 0 spiro atoms. The van der Waals surface area contributed by atoms with Crippen LogP contribution in [0.2, 0.25) is 0 Å². The Hall–Kier alpha value is -3.35. The average Bonchev–Trinajstić information content (AvgIpc) is 2.78. The van der Waals surface area contributed by atoms with Gasteiger partial charge in [0.05, 0.1) is 31.4 Å². The molecule has 0 atom stereocenters. The number of ether oxygens (including phenoxy) is 3. The average molecular weight is 393 g/mol. The minimum atomic E-state index is -0.0360. The number of benzene rings is 2. The first-order valence-corrected chi connectivity index (χ1v) is 9.57. The Kier molecular flexibility index (Phi) is 5.46. The van der Waals surface area contributed by atoms with Gasteiger partial charge in [-0.25, -0.2) is 9.97 Å². The van der Waals surface area contributed by atoms with Crippen LogP contribution in [0.4, 0.5) is 0 Å². The van der Waals surface area contributed by atoms with E-state index >= 15 is 0 Å². The molecule has 150 valence electrons. The Labute approximate surface area is 169 Å². The fourth-order valence-corrected chi connectivity index (χ4v) is 3.46. The molecule has 0 N–H and O–H groups in total. The molecule has 2 heterocycles. The Balaban J connectivity index is 1.39. The fraction of sp³-hybridized carbons (Fsp3) is 0.318. The molecule has 1 aliphatic rings. The van der Waals surface area contributed by atoms with Crippen molar-refractivity contribution < 1.29 is 19.0 Å². The van der Waals surface area contributed by atoms with E-state index in [9.17, 15) is 4.79 Å². The zero-order valence-corrected chi connectivity index (χ0v) is 16.5. The van der Waals surface area contributed by atoms with E-state index in [0.29, 0.717) is 36.0 Å². The molecule has 1 amide bonds. The molecular weight excluding hydrogens is 370 g/mol. The van der Waals surface area contributed by atoms with Crippen LogP contribution in [0.15, 0.2) is 48.7 Å². The first-order chi connectivity index (χ1) is 14.2. The van der Waals surface area contributed by atoms with Crippen molar-refractivity contribution in [3.05, 3.63) is 54.2 Å². The summed E-state index contributed by atoms with van der Waals surface area (Å²) in [5.74, 6) is 1.68. The Bertz CT molecular complexity index is 994. The van der Waals surface area contributed by atoms with Crippen LogP contribution in [-0.2, 0) is 0 Å². The van der Waals surface area contributed by atoms with E-state index in [1.807, 2.05) is 29.2 Å². The predicted octanol–water partition coefficient (Wildman–Crippen LogP) is 3.33. The molecule has 1 fully saturated rings. The number of methoxy groups -OCH3 is 2. The van der Waals surface area contributed by atoms with Gasteiger partial charge in [0, 0.05) is 37.6 Å². The number of nitrogens with zero attached hydrogens (tertiary/aromatic N) is 3. The third kappa shape index (κ3) is 4.23. The lowest BCUT2D eigenvalue weighted by atomic mass is 10.1. The maximum absolute atomic E-state index is 12.9. The van der Waals surface area contributed by atoms with Crippen molar-refractivity contribution in [2.24, 2.45) is 0 Å². The number of hydrogen-bond acceptors (Lipinski definition) is 6. The first kappa shape index (κ1) is 19.0. The summed E-state index contributed by atoms with van der Waals surface area (Å²) < 4.78 is 16.5. The fourth-order valence-electron chi connectivity index (χ4n) is 3.46. The Morgan fingerprint density at radius 2 is 1.66 bits per heavy atom. The topological polar surface area (TPSA) is 73.8 Å². The molecule has 0 unspecified atom stereocenters. The van der Waals surface area contributed by atoms with E-state index in [-0.39, 0.29) is 12.0 Å². The quantitative estimate of drug-likeness (QED) is 0.662. The Morgan fingerprint density at radius 1 is 1.00 bits per heavy atom. The number of amides is 1. The summed E-state index contributed by atoms with van der Waals surface area (Å²) in [6.07, 6.45) is 3.14. The van der Waals surface area contributed by atoms with Crippen molar-refractivity contribution in [3.8, 4) is 17.4 Å². The standard InChI is InChI=1S/C22H23N3O4/c1-27-17-11-15(12-18(13-17)28-2)22(26)25-9-7-16(8-10-25)29-21-14-23-19-5-3-4-6-20(19)24-21/h3-6,11-14,16H,7-10H2,1-2H3. The molecule has 1 aliphatic heterocycles. The minimum Gasteiger partial charge on any atom is -0.497 e. The Morgan fingerprint density at radius 3 is 2.31 bits per heavy atom. The molecule has 7 heteroatoms. The van der Waals surface area contributed by atoms with Gasteiger partial charge in [-0.1, -0.05) is 12.1 Å². The molecule has 0 saturated carbocycles. The molecule has 1 saturated heterocycles. The highest BCUT2D eigenvalue weighted by Crippen LogP contribution is 2.25. The van der Waals surface area contributed by atoms with Crippen molar-refractivity contribution in [2.45, 2.75) is 18.9 Å². The zero-order chi connectivity index (χ0) is 20.2. The van der Waals surface area contributed by atoms with Crippen LogP contribution in [0.5, 0.6) is 17.4 Å². The van der Waals surface area contributed by atoms with Crippen LogP contribution in [0.1, 0.15) is 23.2 Å². The number of hydrogen-bond donors (Lipinski definition) is 0. The minimum absolute atomic E-state index is 0.00866. The predicted molar refractivity (Wildman–Crippen MR) is 109 cm³/mol. The van der Waals surface area contributed by atoms with Crippen LogP contribution < -0.4 is 14.2 Å². The van der Waals surface area contributed by atoms with Gasteiger partial charge in [0.15, 0.2) is 0 Å².